The quantitative estimate of drug-likeness (QED) is 0.576. The van der Waals surface area contributed by atoms with Gasteiger partial charge in [0.2, 0.25) is 0 Å². The Bertz CT molecular complexity index is 317. The Kier molecular flexibility index (Phi) is 1.94. The maximum Gasteiger partial charge on any atom is 0.270 e. The van der Waals surface area contributed by atoms with Crippen LogP contribution in [0.25, 0.3) is 0 Å². The summed E-state index contributed by atoms with van der Waals surface area (Å²) < 4.78 is 6.18. The van der Waals surface area contributed by atoms with Crippen LogP contribution in [0.2, 0.25) is 0 Å². The molecule has 0 amide bonds. The van der Waals surface area contributed by atoms with Crippen LogP contribution < -0.4 is 10.3 Å². The Balaban J connectivity index is 3.32. The van der Waals surface area contributed by atoms with Crippen LogP contribution in [0, 0.1) is 6.92 Å². The van der Waals surface area contributed by atoms with E-state index in [9.17, 15) is 4.79 Å². The van der Waals surface area contributed by atoms with E-state index in [1.165, 1.54) is 17.9 Å². The second kappa shape index (κ2) is 2.74. The fourth-order valence-electron chi connectivity index (χ4n) is 0.840. The molecule has 1 rings (SSSR count). The van der Waals surface area contributed by atoms with E-state index in [1.807, 2.05) is 0 Å². The highest BCUT2D eigenvalue weighted by Crippen LogP contribution is 2.08. The summed E-state index contributed by atoms with van der Waals surface area (Å²) in [6.45, 7) is 1.79. The number of aryl methyl sites for hydroxylation is 2. The number of aromatic nitrogens is 2. The first-order valence-electron chi connectivity index (χ1n) is 3.24. The summed E-state index contributed by atoms with van der Waals surface area (Å²) in [7, 11) is 3.12. The Morgan fingerprint density at radius 1 is 1.64 bits per heavy atom. The first kappa shape index (κ1) is 7.78. The van der Waals surface area contributed by atoms with Gasteiger partial charge in [-0.3, -0.25) is 4.79 Å². The third-order valence-corrected chi connectivity index (χ3v) is 1.45. The molecular weight excluding hydrogens is 144 g/mol. The molecule has 0 aliphatic heterocycles. The maximum atomic E-state index is 11.0. The molecule has 0 fully saturated rings. The summed E-state index contributed by atoms with van der Waals surface area (Å²) in [5.74, 6) is 0.535. The molecule has 0 aliphatic rings. The first-order chi connectivity index (χ1) is 5.15. The number of hydrogen-bond donors (Lipinski definition) is 0. The minimum Gasteiger partial charge on any atom is -0.495 e. The Hall–Kier alpha value is -1.32. The molecule has 11 heavy (non-hydrogen) atoms. The first-order valence-corrected chi connectivity index (χ1v) is 3.24. The van der Waals surface area contributed by atoms with Crippen molar-refractivity contribution < 1.29 is 4.74 Å². The molecule has 0 saturated carbocycles. The summed E-state index contributed by atoms with van der Waals surface area (Å²) in [5.41, 5.74) is 0.557. The molecule has 1 aromatic heterocycles. The van der Waals surface area contributed by atoms with Gasteiger partial charge < -0.3 is 4.74 Å². The van der Waals surface area contributed by atoms with Crippen molar-refractivity contribution in [1.29, 1.82) is 0 Å². The highest BCUT2D eigenvalue weighted by Gasteiger charge is 2.00. The molecule has 0 N–H and O–H groups in total. The normalized spacial score (nSPS) is 9.73. The zero-order valence-electron chi connectivity index (χ0n) is 6.79. The topological polar surface area (TPSA) is 44.1 Å². The third kappa shape index (κ3) is 1.39. The lowest BCUT2D eigenvalue weighted by Gasteiger charge is -2.03. The second-order valence-corrected chi connectivity index (χ2v) is 2.26. The molecule has 0 atom stereocenters. The monoisotopic (exact) mass is 154 g/mol. The zero-order valence-corrected chi connectivity index (χ0v) is 6.79. The summed E-state index contributed by atoms with van der Waals surface area (Å²) in [5, 5.41) is 3.92. The van der Waals surface area contributed by atoms with Crippen molar-refractivity contribution in [3.63, 3.8) is 0 Å². The maximum absolute atomic E-state index is 11.0. The zero-order chi connectivity index (χ0) is 8.43. The lowest BCUT2D eigenvalue weighted by atomic mass is 10.4. The van der Waals surface area contributed by atoms with Crippen molar-refractivity contribution in [3.05, 3.63) is 22.1 Å². The Morgan fingerprint density at radius 3 is 2.82 bits per heavy atom. The molecule has 0 bridgehead atoms. The van der Waals surface area contributed by atoms with Gasteiger partial charge in [0, 0.05) is 13.1 Å². The fourth-order valence-corrected chi connectivity index (χ4v) is 0.840. The van der Waals surface area contributed by atoms with Gasteiger partial charge in [-0.05, 0) is 6.92 Å². The van der Waals surface area contributed by atoms with Gasteiger partial charge >= 0.3 is 0 Å². The van der Waals surface area contributed by atoms with E-state index in [4.69, 9.17) is 4.74 Å². The summed E-state index contributed by atoms with van der Waals surface area (Å²) >= 11 is 0. The molecule has 0 spiro atoms. The van der Waals surface area contributed by atoms with Gasteiger partial charge in [0.25, 0.3) is 5.56 Å². The number of nitrogens with zero attached hydrogens (tertiary/aromatic N) is 2. The number of rotatable bonds is 1. The summed E-state index contributed by atoms with van der Waals surface area (Å²) in [6, 6.07) is 1.42. The SMILES string of the molecule is COc1cc(=O)n(C)nc1C. The molecule has 0 radical (unpaired) electrons. The second-order valence-electron chi connectivity index (χ2n) is 2.26. The van der Waals surface area contributed by atoms with Gasteiger partial charge in [0.1, 0.15) is 5.75 Å². The highest BCUT2D eigenvalue weighted by atomic mass is 16.5. The van der Waals surface area contributed by atoms with Gasteiger partial charge in [-0.25, -0.2) is 4.68 Å². The van der Waals surface area contributed by atoms with Crippen molar-refractivity contribution >= 4 is 0 Å². The smallest absolute Gasteiger partial charge is 0.270 e. The minimum absolute atomic E-state index is 0.160. The van der Waals surface area contributed by atoms with Crippen molar-refractivity contribution in [3.8, 4) is 5.75 Å². The van der Waals surface area contributed by atoms with E-state index < -0.39 is 0 Å². The summed E-state index contributed by atoms with van der Waals surface area (Å²) in [4.78, 5) is 11.0. The van der Waals surface area contributed by atoms with E-state index >= 15 is 0 Å². The van der Waals surface area contributed by atoms with Gasteiger partial charge in [0.05, 0.1) is 12.8 Å². The van der Waals surface area contributed by atoms with Gasteiger partial charge in [-0.15, -0.1) is 0 Å². The molecule has 1 heterocycles. The van der Waals surface area contributed by atoms with E-state index in [0.717, 1.165) is 5.69 Å². The van der Waals surface area contributed by atoms with Crippen molar-refractivity contribution in [2.75, 3.05) is 7.11 Å². The Labute approximate surface area is 64.4 Å². The molecule has 1 aromatic rings. The predicted molar refractivity (Wildman–Crippen MR) is 40.8 cm³/mol. The molecule has 60 valence electrons. The molecular formula is C7H10N2O2. The molecule has 0 aromatic carbocycles. The summed E-state index contributed by atoms with van der Waals surface area (Å²) in [6.07, 6.45) is 0. The van der Waals surface area contributed by atoms with Gasteiger partial charge in [-0.1, -0.05) is 0 Å². The van der Waals surface area contributed by atoms with Crippen LogP contribution in [-0.4, -0.2) is 16.9 Å². The highest BCUT2D eigenvalue weighted by molar-refractivity contribution is 5.23. The molecule has 0 saturated heterocycles. The minimum atomic E-state index is -0.160. The van der Waals surface area contributed by atoms with Crippen LogP contribution in [0.15, 0.2) is 10.9 Å². The van der Waals surface area contributed by atoms with E-state index in [0.29, 0.717) is 5.75 Å². The molecule has 0 unspecified atom stereocenters. The number of ether oxygens (including phenoxy) is 1. The average molecular weight is 154 g/mol. The standard InChI is InChI=1S/C7H10N2O2/c1-5-6(11-3)4-7(10)9(2)8-5/h4H,1-3H3. The van der Waals surface area contributed by atoms with Crippen molar-refractivity contribution in [2.24, 2.45) is 7.05 Å². The Morgan fingerprint density at radius 2 is 2.27 bits per heavy atom. The van der Waals surface area contributed by atoms with Crippen LogP contribution in [0.1, 0.15) is 5.69 Å². The average Bonchev–Trinajstić information content (AvgIpc) is 1.97. The van der Waals surface area contributed by atoms with Crippen LogP contribution in [0.5, 0.6) is 5.75 Å². The third-order valence-electron chi connectivity index (χ3n) is 1.45. The number of methoxy groups -OCH3 is 1. The van der Waals surface area contributed by atoms with Crippen molar-refractivity contribution in [1.82, 2.24) is 9.78 Å². The van der Waals surface area contributed by atoms with Gasteiger partial charge in [0.15, 0.2) is 0 Å². The van der Waals surface area contributed by atoms with Gasteiger partial charge in [-0.2, -0.15) is 5.10 Å². The molecule has 0 aliphatic carbocycles. The number of hydrogen-bond acceptors (Lipinski definition) is 3. The van der Waals surface area contributed by atoms with Crippen LogP contribution in [0.3, 0.4) is 0 Å². The van der Waals surface area contributed by atoms with E-state index in [-0.39, 0.29) is 5.56 Å². The van der Waals surface area contributed by atoms with Crippen LogP contribution >= 0.6 is 0 Å². The van der Waals surface area contributed by atoms with E-state index in [1.54, 1.807) is 14.0 Å². The fraction of sp³-hybridized carbons (Fsp3) is 0.429. The van der Waals surface area contributed by atoms with E-state index in [2.05, 4.69) is 5.10 Å². The predicted octanol–water partition coefficient (Wildman–Crippen LogP) is 0.0973. The van der Waals surface area contributed by atoms with Crippen molar-refractivity contribution in [2.45, 2.75) is 6.92 Å². The molecule has 4 nitrogen and oxygen atoms in total. The van der Waals surface area contributed by atoms with Crippen LogP contribution in [0.4, 0.5) is 0 Å². The lowest BCUT2D eigenvalue weighted by Crippen LogP contribution is -2.19. The van der Waals surface area contributed by atoms with Crippen LogP contribution in [-0.2, 0) is 7.05 Å². The largest absolute Gasteiger partial charge is 0.495 e. The molecule has 4 heteroatoms. The lowest BCUT2D eigenvalue weighted by molar-refractivity contribution is 0.403.